The summed E-state index contributed by atoms with van der Waals surface area (Å²) >= 11 is 5.51. The summed E-state index contributed by atoms with van der Waals surface area (Å²) in [6.45, 7) is 3.35. The molecule has 1 fully saturated rings. The van der Waals surface area contributed by atoms with Crippen molar-refractivity contribution in [3.63, 3.8) is 0 Å². The lowest BCUT2D eigenvalue weighted by Crippen LogP contribution is -2.53. The Hall–Kier alpha value is -3.32. The third-order valence-corrected chi connectivity index (χ3v) is 6.36. The molecular weight excluding hydrogens is 472 g/mol. The van der Waals surface area contributed by atoms with E-state index in [0.717, 1.165) is 23.1 Å². The minimum absolute atomic E-state index is 0.0732. The van der Waals surface area contributed by atoms with Crippen LogP contribution in [0.15, 0.2) is 36.4 Å². The summed E-state index contributed by atoms with van der Waals surface area (Å²) in [5.41, 5.74) is -2.64. The van der Waals surface area contributed by atoms with Crippen LogP contribution in [-0.4, -0.2) is 22.0 Å². The number of carboxylic acids is 1. The summed E-state index contributed by atoms with van der Waals surface area (Å²) in [5.74, 6) is -3.09. The van der Waals surface area contributed by atoms with E-state index in [2.05, 4.69) is 0 Å². The molecule has 1 aliphatic rings. The molecule has 1 unspecified atom stereocenters. The van der Waals surface area contributed by atoms with Gasteiger partial charge in [-0.25, -0.2) is 9.18 Å². The number of carbonyl (C=O) groups excluding carboxylic acids is 1. The predicted octanol–water partition coefficient (Wildman–Crippen LogP) is 5.75. The second-order valence-corrected chi connectivity index (χ2v) is 9.18. The molecule has 3 rings (SSSR count). The Bertz CT molecular complexity index is 1220. The molecule has 0 aliphatic carbocycles. The number of hydrogen-bond donors (Lipinski definition) is 1. The number of benzene rings is 2. The van der Waals surface area contributed by atoms with Gasteiger partial charge in [0.1, 0.15) is 5.82 Å². The molecule has 1 aliphatic heterocycles. The quantitative estimate of drug-likeness (QED) is 0.424. The molecule has 34 heavy (non-hydrogen) atoms. The zero-order valence-corrected chi connectivity index (χ0v) is 19.1. The molecule has 5 nitrogen and oxygen atoms in total. The second-order valence-electron chi connectivity index (χ2n) is 8.76. The Labute approximate surface area is 198 Å². The van der Waals surface area contributed by atoms with Crippen LogP contribution in [0.5, 0.6) is 0 Å². The number of hydrogen-bond acceptors (Lipinski definition) is 4. The smallest absolute Gasteiger partial charge is 0.417 e. The number of thiocarbonyl (C=S) groups is 1. The molecule has 0 aromatic heterocycles. The van der Waals surface area contributed by atoms with Crippen molar-refractivity contribution >= 4 is 34.8 Å². The third kappa shape index (κ3) is 4.94. The predicted molar refractivity (Wildman–Crippen MR) is 120 cm³/mol. The van der Waals surface area contributed by atoms with Crippen LogP contribution in [0.3, 0.4) is 0 Å². The standard InChI is InChI=1S/C24H20F4N2O3S/c1-23(2)11-14(5-3-13-4-8-17(21(31)32)19(25)9-13)20(34)30(22(23)33)16-7-6-15(12-29)18(10-16)24(26,27)28/h4,6-10,14H,3,5,11H2,1-2H3,(H,31,32). The van der Waals surface area contributed by atoms with Crippen molar-refractivity contribution in [2.24, 2.45) is 11.3 Å². The van der Waals surface area contributed by atoms with Crippen molar-refractivity contribution in [2.75, 3.05) is 4.90 Å². The highest BCUT2D eigenvalue weighted by molar-refractivity contribution is 7.80. The van der Waals surface area contributed by atoms with Crippen LogP contribution in [0.25, 0.3) is 0 Å². The van der Waals surface area contributed by atoms with Crippen LogP contribution in [0.4, 0.5) is 23.2 Å². The molecule has 1 saturated heterocycles. The van der Waals surface area contributed by atoms with Crippen molar-refractivity contribution in [1.82, 2.24) is 0 Å². The van der Waals surface area contributed by atoms with Gasteiger partial charge in [0.15, 0.2) is 0 Å². The summed E-state index contributed by atoms with van der Waals surface area (Å²) < 4.78 is 54.4. The van der Waals surface area contributed by atoms with Gasteiger partial charge in [0.05, 0.1) is 33.4 Å². The molecule has 1 atom stereocenters. The number of piperidine rings is 1. The topological polar surface area (TPSA) is 81.4 Å². The van der Waals surface area contributed by atoms with E-state index >= 15 is 0 Å². The highest BCUT2D eigenvalue weighted by Crippen LogP contribution is 2.41. The van der Waals surface area contributed by atoms with Gasteiger partial charge >= 0.3 is 12.1 Å². The van der Waals surface area contributed by atoms with E-state index in [4.69, 9.17) is 22.6 Å². The van der Waals surface area contributed by atoms with Crippen LogP contribution in [0.1, 0.15) is 53.7 Å². The summed E-state index contributed by atoms with van der Waals surface area (Å²) in [6.07, 6.45) is -3.75. The Morgan fingerprint density at radius 3 is 2.50 bits per heavy atom. The van der Waals surface area contributed by atoms with Crippen molar-refractivity contribution in [1.29, 1.82) is 5.26 Å². The largest absolute Gasteiger partial charge is 0.478 e. The molecule has 0 radical (unpaired) electrons. The van der Waals surface area contributed by atoms with E-state index in [9.17, 15) is 27.2 Å². The first-order valence-corrected chi connectivity index (χ1v) is 10.7. The number of halogens is 4. The van der Waals surface area contributed by atoms with Crippen molar-refractivity contribution in [3.8, 4) is 6.07 Å². The number of nitriles is 1. The minimum Gasteiger partial charge on any atom is -0.478 e. The first-order valence-electron chi connectivity index (χ1n) is 10.3. The van der Waals surface area contributed by atoms with Crippen molar-refractivity contribution in [3.05, 3.63) is 64.5 Å². The summed E-state index contributed by atoms with van der Waals surface area (Å²) in [7, 11) is 0. The number of carboxylic acid groups (broad SMARTS) is 1. The summed E-state index contributed by atoms with van der Waals surface area (Å²) in [4.78, 5) is 25.4. The highest BCUT2D eigenvalue weighted by atomic mass is 32.1. The fourth-order valence-corrected chi connectivity index (χ4v) is 4.47. The van der Waals surface area contributed by atoms with Gasteiger partial charge < -0.3 is 5.11 Å². The van der Waals surface area contributed by atoms with Gasteiger partial charge in [0.25, 0.3) is 0 Å². The maximum absolute atomic E-state index is 14.0. The molecule has 178 valence electrons. The third-order valence-electron chi connectivity index (χ3n) is 5.84. The van der Waals surface area contributed by atoms with Gasteiger partial charge in [-0.15, -0.1) is 0 Å². The lowest BCUT2D eigenvalue weighted by molar-refractivity contribution is -0.137. The molecular formula is C24H20F4N2O3S. The zero-order valence-electron chi connectivity index (χ0n) is 18.2. The SMILES string of the molecule is CC1(C)CC(CCc2ccc(C(=O)O)c(F)c2)C(=S)N(c2ccc(C#N)c(C(F)(F)F)c2)C1=O. The minimum atomic E-state index is -4.79. The lowest BCUT2D eigenvalue weighted by Gasteiger charge is -2.42. The number of aryl methyl sites for hydroxylation is 1. The second kappa shape index (κ2) is 9.14. The molecule has 0 saturated carbocycles. The highest BCUT2D eigenvalue weighted by Gasteiger charge is 2.45. The van der Waals surface area contributed by atoms with Gasteiger partial charge in [0.2, 0.25) is 5.91 Å². The van der Waals surface area contributed by atoms with E-state index in [1.54, 1.807) is 13.8 Å². The molecule has 2 aromatic rings. The average Bonchev–Trinajstić information content (AvgIpc) is 2.74. The van der Waals surface area contributed by atoms with Gasteiger partial charge in [-0.05, 0) is 55.2 Å². The first kappa shape index (κ1) is 25.3. The number of rotatable bonds is 5. The lowest BCUT2D eigenvalue weighted by atomic mass is 9.75. The average molecular weight is 492 g/mol. The van der Waals surface area contributed by atoms with Gasteiger partial charge in [-0.2, -0.15) is 18.4 Å². The van der Waals surface area contributed by atoms with E-state index < -0.39 is 46.0 Å². The van der Waals surface area contributed by atoms with Gasteiger partial charge in [-0.1, -0.05) is 32.1 Å². The number of amides is 1. The van der Waals surface area contributed by atoms with E-state index in [0.29, 0.717) is 24.8 Å². The van der Waals surface area contributed by atoms with Crippen LogP contribution in [0.2, 0.25) is 0 Å². The number of carbonyl (C=O) groups is 2. The Balaban J connectivity index is 1.91. The Kier molecular flexibility index (Phi) is 6.80. The monoisotopic (exact) mass is 492 g/mol. The van der Waals surface area contributed by atoms with E-state index in [1.807, 2.05) is 0 Å². The van der Waals surface area contributed by atoms with Crippen LogP contribution in [0, 0.1) is 28.5 Å². The van der Waals surface area contributed by atoms with Crippen LogP contribution >= 0.6 is 12.2 Å². The Morgan fingerprint density at radius 1 is 1.26 bits per heavy atom. The van der Waals surface area contributed by atoms with Gasteiger partial charge in [0, 0.05) is 11.3 Å². The first-order chi connectivity index (χ1) is 15.8. The summed E-state index contributed by atoms with van der Waals surface area (Å²) in [6, 6.07) is 8.31. The molecule has 1 N–H and O–H groups in total. The maximum Gasteiger partial charge on any atom is 0.417 e. The molecule has 0 bridgehead atoms. The van der Waals surface area contributed by atoms with Crippen LogP contribution in [-0.2, 0) is 17.4 Å². The molecule has 2 aromatic carbocycles. The molecule has 10 heteroatoms. The number of anilines is 1. The maximum atomic E-state index is 14.0. The Morgan fingerprint density at radius 2 is 1.94 bits per heavy atom. The van der Waals surface area contributed by atoms with E-state index in [1.165, 1.54) is 24.3 Å². The fraction of sp³-hybridized carbons (Fsp3) is 0.333. The summed E-state index contributed by atoms with van der Waals surface area (Å²) in [5, 5.41) is 18.0. The van der Waals surface area contributed by atoms with Crippen molar-refractivity contribution < 1.29 is 32.3 Å². The molecule has 1 amide bonds. The fourth-order valence-electron chi connectivity index (χ4n) is 4.08. The van der Waals surface area contributed by atoms with Gasteiger partial charge in [-0.3, -0.25) is 9.69 Å². The zero-order chi connectivity index (χ0) is 25.4. The normalized spacial score (nSPS) is 18.0. The van der Waals surface area contributed by atoms with Crippen molar-refractivity contribution in [2.45, 2.75) is 39.3 Å². The number of alkyl halides is 3. The number of aromatic carboxylic acids is 1. The number of nitrogens with zero attached hydrogens (tertiary/aromatic N) is 2. The van der Waals surface area contributed by atoms with Crippen LogP contribution < -0.4 is 4.90 Å². The van der Waals surface area contributed by atoms with E-state index in [-0.39, 0.29) is 16.6 Å². The molecule has 1 heterocycles. The molecule has 0 spiro atoms.